The number of nitrogens with two attached hydrogens (primary N) is 1. The summed E-state index contributed by atoms with van der Waals surface area (Å²) in [6.45, 7) is 3.94. The predicted molar refractivity (Wildman–Crippen MR) is 78.8 cm³/mol. The molecule has 0 aliphatic heterocycles. The van der Waals surface area contributed by atoms with Gasteiger partial charge in [-0.05, 0) is 24.1 Å². The first-order valence-corrected chi connectivity index (χ1v) is 7.49. The highest BCUT2D eigenvalue weighted by atomic mass is 32.2. The van der Waals surface area contributed by atoms with Crippen LogP contribution in [0.15, 0.2) is 18.2 Å². The first-order valence-electron chi connectivity index (χ1n) is 6.00. The van der Waals surface area contributed by atoms with Crippen LogP contribution < -0.4 is 15.8 Å². The number of rotatable bonds is 6. The Labute approximate surface area is 116 Å². The summed E-state index contributed by atoms with van der Waals surface area (Å²) in [4.78, 5) is 11.8. The molecular formula is C13H20N2O3S. The third-order valence-corrected chi connectivity index (χ3v) is 3.93. The maximum absolute atomic E-state index is 11.8. The van der Waals surface area contributed by atoms with Crippen LogP contribution in [0.5, 0.6) is 5.75 Å². The van der Waals surface area contributed by atoms with E-state index in [2.05, 4.69) is 5.32 Å². The van der Waals surface area contributed by atoms with Gasteiger partial charge in [-0.25, -0.2) is 0 Å². The number of nitrogen functional groups attached to an aromatic ring is 1. The molecule has 6 heteroatoms. The van der Waals surface area contributed by atoms with Crippen molar-refractivity contribution in [1.82, 2.24) is 0 Å². The molecule has 1 unspecified atom stereocenters. The lowest BCUT2D eigenvalue weighted by atomic mass is 10.2. The van der Waals surface area contributed by atoms with Crippen molar-refractivity contribution in [3.63, 3.8) is 0 Å². The van der Waals surface area contributed by atoms with Crippen LogP contribution in [0, 0.1) is 5.92 Å². The Morgan fingerprint density at radius 3 is 2.74 bits per heavy atom. The highest BCUT2D eigenvalue weighted by molar-refractivity contribution is 7.85. The highest BCUT2D eigenvalue weighted by Crippen LogP contribution is 2.26. The average Bonchev–Trinajstić information content (AvgIpc) is 2.27. The van der Waals surface area contributed by atoms with Gasteiger partial charge in [-0.1, -0.05) is 13.8 Å². The van der Waals surface area contributed by atoms with Gasteiger partial charge in [0.2, 0.25) is 5.91 Å². The van der Waals surface area contributed by atoms with Crippen LogP contribution in [0.4, 0.5) is 11.4 Å². The van der Waals surface area contributed by atoms with E-state index in [0.29, 0.717) is 28.8 Å². The number of ether oxygens (including phenoxy) is 1. The molecule has 0 aromatic heterocycles. The quantitative estimate of drug-likeness (QED) is 0.778. The fourth-order valence-corrected chi connectivity index (χ4v) is 2.81. The molecule has 1 rings (SSSR count). The van der Waals surface area contributed by atoms with E-state index in [0.717, 1.165) is 0 Å². The summed E-state index contributed by atoms with van der Waals surface area (Å²) in [5.41, 5.74) is 6.68. The van der Waals surface area contributed by atoms with Crippen molar-refractivity contribution in [3.8, 4) is 5.75 Å². The molecule has 19 heavy (non-hydrogen) atoms. The van der Waals surface area contributed by atoms with E-state index in [1.165, 1.54) is 7.11 Å². The van der Waals surface area contributed by atoms with Crippen LogP contribution in [0.3, 0.4) is 0 Å². The van der Waals surface area contributed by atoms with Crippen LogP contribution in [-0.4, -0.2) is 28.7 Å². The number of amides is 1. The summed E-state index contributed by atoms with van der Waals surface area (Å²) >= 11 is 0. The predicted octanol–water partition coefficient (Wildman–Crippen LogP) is 1.62. The molecule has 0 bridgehead atoms. The zero-order chi connectivity index (χ0) is 14.4. The summed E-state index contributed by atoms with van der Waals surface area (Å²) in [7, 11) is 0.360. The minimum atomic E-state index is -1.15. The molecule has 0 saturated carbocycles. The van der Waals surface area contributed by atoms with Crippen molar-refractivity contribution < 1.29 is 13.7 Å². The molecule has 5 nitrogen and oxygen atoms in total. The SMILES string of the molecule is COc1ccc(N)cc1NC(=O)CS(=O)CC(C)C. The van der Waals surface area contributed by atoms with Crippen LogP contribution >= 0.6 is 0 Å². The molecule has 1 aromatic rings. The van der Waals surface area contributed by atoms with Crippen molar-refractivity contribution >= 4 is 28.1 Å². The lowest BCUT2D eigenvalue weighted by Crippen LogP contribution is -2.22. The van der Waals surface area contributed by atoms with Gasteiger partial charge in [0, 0.05) is 22.2 Å². The number of carbonyl (C=O) groups excluding carboxylic acids is 1. The Bertz CT molecular complexity index is 475. The minimum Gasteiger partial charge on any atom is -0.495 e. The molecule has 0 heterocycles. The molecule has 0 radical (unpaired) electrons. The molecule has 0 aliphatic rings. The van der Waals surface area contributed by atoms with Crippen molar-refractivity contribution in [2.24, 2.45) is 5.92 Å². The summed E-state index contributed by atoms with van der Waals surface area (Å²) < 4.78 is 16.8. The van der Waals surface area contributed by atoms with Crippen molar-refractivity contribution in [1.29, 1.82) is 0 Å². The normalized spacial score (nSPS) is 12.2. The topological polar surface area (TPSA) is 81.4 Å². The van der Waals surface area contributed by atoms with E-state index in [-0.39, 0.29) is 11.7 Å². The number of methoxy groups -OCH3 is 1. The van der Waals surface area contributed by atoms with Crippen LogP contribution in [0.1, 0.15) is 13.8 Å². The Kier molecular flexibility index (Phi) is 5.82. The smallest absolute Gasteiger partial charge is 0.237 e. The molecule has 0 fully saturated rings. The van der Waals surface area contributed by atoms with Gasteiger partial charge in [0.05, 0.1) is 12.8 Å². The number of benzene rings is 1. The highest BCUT2D eigenvalue weighted by Gasteiger charge is 2.12. The standard InChI is InChI=1S/C13H20N2O3S/c1-9(2)7-19(17)8-13(16)15-11-6-10(14)4-5-12(11)18-3/h4-6,9H,7-8,14H2,1-3H3,(H,15,16). The minimum absolute atomic E-state index is 0.0177. The van der Waals surface area contributed by atoms with Gasteiger partial charge in [-0.3, -0.25) is 9.00 Å². The third-order valence-electron chi connectivity index (χ3n) is 2.31. The molecule has 1 aromatic carbocycles. The molecule has 0 saturated heterocycles. The van der Waals surface area contributed by atoms with Gasteiger partial charge in [0.25, 0.3) is 0 Å². The van der Waals surface area contributed by atoms with Crippen LogP contribution in [0.2, 0.25) is 0 Å². The zero-order valence-electron chi connectivity index (χ0n) is 11.4. The van der Waals surface area contributed by atoms with Crippen LogP contribution in [0.25, 0.3) is 0 Å². The monoisotopic (exact) mass is 284 g/mol. The Balaban J connectivity index is 2.66. The summed E-state index contributed by atoms with van der Waals surface area (Å²) in [6.07, 6.45) is 0. The summed E-state index contributed by atoms with van der Waals surface area (Å²) in [6, 6.07) is 4.98. The Morgan fingerprint density at radius 1 is 1.47 bits per heavy atom. The summed E-state index contributed by atoms with van der Waals surface area (Å²) in [5, 5.41) is 2.67. The van der Waals surface area contributed by atoms with Gasteiger partial charge in [0.1, 0.15) is 11.5 Å². The second-order valence-electron chi connectivity index (χ2n) is 4.65. The average molecular weight is 284 g/mol. The fourth-order valence-electron chi connectivity index (χ4n) is 1.59. The second kappa shape index (κ2) is 7.13. The van der Waals surface area contributed by atoms with E-state index < -0.39 is 10.8 Å². The number of hydrogen-bond acceptors (Lipinski definition) is 4. The van der Waals surface area contributed by atoms with Crippen LogP contribution in [-0.2, 0) is 15.6 Å². The molecule has 3 N–H and O–H groups in total. The Hall–Kier alpha value is -1.56. The Morgan fingerprint density at radius 2 is 2.16 bits per heavy atom. The van der Waals surface area contributed by atoms with Gasteiger partial charge >= 0.3 is 0 Å². The van der Waals surface area contributed by atoms with Crippen molar-refractivity contribution in [2.75, 3.05) is 29.7 Å². The first kappa shape index (κ1) is 15.5. The number of hydrogen-bond donors (Lipinski definition) is 2. The molecule has 1 atom stereocenters. The second-order valence-corrected chi connectivity index (χ2v) is 6.15. The number of anilines is 2. The molecule has 0 aliphatic carbocycles. The van der Waals surface area contributed by atoms with E-state index in [1.807, 2.05) is 13.8 Å². The van der Waals surface area contributed by atoms with Gasteiger partial charge in [-0.15, -0.1) is 0 Å². The zero-order valence-corrected chi connectivity index (χ0v) is 12.3. The maximum Gasteiger partial charge on any atom is 0.237 e. The molecule has 0 spiro atoms. The molecule has 106 valence electrons. The van der Waals surface area contributed by atoms with E-state index in [1.54, 1.807) is 18.2 Å². The van der Waals surface area contributed by atoms with Gasteiger partial charge in [-0.2, -0.15) is 0 Å². The molecular weight excluding hydrogens is 264 g/mol. The van der Waals surface area contributed by atoms with Crippen molar-refractivity contribution in [2.45, 2.75) is 13.8 Å². The number of nitrogens with one attached hydrogen (secondary N) is 1. The fraction of sp³-hybridized carbons (Fsp3) is 0.462. The first-order chi connectivity index (χ1) is 8.92. The lowest BCUT2D eigenvalue weighted by molar-refractivity contribution is -0.113. The third kappa shape index (κ3) is 5.30. The van der Waals surface area contributed by atoms with Crippen molar-refractivity contribution in [3.05, 3.63) is 18.2 Å². The summed E-state index contributed by atoms with van der Waals surface area (Å²) in [5.74, 6) is 1.02. The van der Waals surface area contributed by atoms with E-state index >= 15 is 0 Å². The number of carbonyl (C=O) groups is 1. The maximum atomic E-state index is 11.8. The molecule has 1 amide bonds. The lowest BCUT2D eigenvalue weighted by Gasteiger charge is -2.11. The largest absolute Gasteiger partial charge is 0.495 e. The van der Waals surface area contributed by atoms with E-state index in [9.17, 15) is 9.00 Å². The van der Waals surface area contributed by atoms with Gasteiger partial charge in [0.15, 0.2) is 0 Å². The van der Waals surface area contributed by atoms with Gasteiger partial charge < -0.3 is 15.8 Å². The van der Waals surface area contributed by atoms with E-state index in [4.69, 9.17) is 10.5 Å².